The molecule has 246 valence electrons. The van der Waals surface area contributed by atoms with Gasteiger partial charge in [-0.2, -0.15) is 0 Å². The molecule has 5 rings (SSSR count). The molecule has 0 bridgehead atoms. The Labute approximate surface area is 253 Å². The first-order valence-corrected chi connectivity index (χ1v) is 13.6. The fraction of sp³-hybridized carbons (Fsp3) is 0.464. The van der Waals surface area contributed by atoms with Crippen LogP contribution in [0.1, 0.15) is 0 Å². The largest absolute Gasteiger partial charge is 0.507 e. The van der Waals surface area contributed by atoms with Crippen LogP contribution in [-0.2, 0) is 14.2 Å². The van der Waals surface area contributed by atoms with Crippen LogP contribution in [-0.4, -0.2) is 138 Å². The fourth-order valence-electron chi connectivity index (χ4n) is 5.11. The van der Waals surface area contributed by atoms with E-state index in [1.807, 2.05) is 0 Å². The molecule has 1 aromatic heterocycles. The average molecular weight is 642 g/mol. The molecule has 0 amide bonds. The number of aromatic hydroxyl groups is 4. The monoisotopic (exact) mass is 641 g/mol. The molecule has 2 aliphatic heterocycles. The highest BCUT2D eigenvalue weighted by Gasteiger charge is 2.52. The summed E-state index contributed by atoms with van der Waals surface area (Å²) in [5, 5.41) is 113. The van der Waals surface area contributed by atoms with Gasteiger partial charge in [-0.3, -0.25) is 0 Å². The lowest BCUT2D eigenvalue weighted by atomic mass is 9.97. The van der Waals surface area contributed by atoms with Crippen molar-refractivity contribution >= 4 is 11.0 Å². The van der Waals surface area contributed by atoms with E-state index in [4.69, 9.17) is 28.1 Å². The fourth-order valence-corrected chi connectivity index (χ4v) is 5.11. The van der Waals surface area contributed by atoms with Gasteiger partial charge in [0.15, 0.2) is 23.9 Å². The Morgan fingerprint density at radius 3 is 2.00 bits per heavy atom. The zero-order valence-electron chi connectivity index (χ0n) is 23.4. The van der Waals surface area contributed by atoms with Crippen molar-refractivity contribution in [2.24, 2.45) is 0 Å². The lowest BCUT2D eigenvalue weighted by Gasteiger charge is -2.45. The van der Waals surface area contributed by atoms with E-state index < -0.39 is 91.9 Å². The predicted octanol–water partition coefficient (Wildman–Crippen LogP) is -1.79. The molecule has 0 aliphatic carbocycles. The predicted molar refractivity (Wildman–Crippen MR) is 146 cm³/mol. The van der Waals surface area contributed by atoms with E-state index in [-0.39, 0.29) is 39.5 Å². The molecule has 2 aromatic carbocycles. The smallest absolute Gasteiger partial charge is 0.402 e. The average Bonchev–Trinajstić information content (AvgIpc) is 3.01. The second-order valence-electron chi connectivity index (χ2n) is 10.5. The van der Waals surface area contributed by atoms with Gasteiger partial charge >= 0.3 is 11.3 Å². The third-order valence-corrected chi connectivity index (χ3v) is 7.56. The molecule has 3 aromatic rings. The van der Waals surface area contributed by atoms with Crippen LogP contribution in [0.5, 0.6) is 34.5 Å². The van der Waals surface area contributed by atoms with E-state index in [1.54, 1.807) is 0 Å². The van der Waals surface area contributed by atoms with Gasteiger partial charge in [0, 0.05) is 24.3 Å². The number of phenolic OH excluding ortho intramolecular Hbond substituents is 4. The normalized spacial score (nSPS) is 32.0. The minimum Gasteiger partial charge on any atom is -0.507 e. The summed E-state index contributed by atoms with van der Waals surface area (Å²) in [4.78, 5) is 0. The van der Waals surface area contributed by atoms with Crippen LogP contribution in [0.3, 0.4) is 0 Å². The molecule has 2 saturated heterocycles. The van der Waals surface area contributed by atoms with Crippen LogP contribution < -0.4 is 9.47 Å². The van der Waals surface area contributed by atoms with Gasteiger partial charge in [-0.15, -0.1) is 0 Å². The molecule has 3 heterocycles. The zero-order chi connectivity index (χ0) is 32.7. The number of methoxy groups -OCH3 is 1. The van der Waals surface area contributed by atoms with Crippen molar-refractivity contribution in [3.8, 4) is 45.8 Å². The van der Waals surface area contributed by atoms with E-state index in [2.05, 4.69) is 0 Å². The summed E-state index contributed by atoms with van der Waals surface area (Å²) in [5.74, 6) is -2.69. The summed E-state index contributed by atoms with van der Waals surface area (Å²) in [5.41, 5.74) is -0.0351. The zero-order valence-corrected chi connectivity index (χ0v) is 23.4. The number of ether oxygens (including phenoxy) is 5. The molecule has 0 spiro atoms. The Balaban J connectivity index is 1.60. The Bertz CT molecular complexity index is 1510. The van der Waals surface area contributed by atoms with Crippen LogP contribution in [0.25, 0.3) is 22.3 Å². The topological polar surface area (TPSA) is 280 Å². The van der Waals surface area contributed by atoms with Crippen LogP contribution in [0, 0.1) is 0 Å². The molecule has 11 N–H and O–H groups in total. The summed E-state index contributed by atoms with van der Waals surface area (Å²) in [7, 11) is 1.22. The number of benzene rings is 2. The van der Waals surface area contributed by atoms with Gasteiger partial charge in [-0.05, 0) is 0 Å². The SMILES string of the molecule is COc1cc(-c2[o+]c3cc(O)cc(O)c3cc2O[C@@H]2OC(CO)[C@@H](O)C(O)C2O[C@@H]2OC(CO)[C@@H](O)C(O)[C@H]2O)cc(O)c1O. The summed E-state index contributed by atoms with van der Waals surface area (Å²) in [6.07, 6.45) is -17.3. The second kappa shape index (κ2) is 12.9. The first kappa shape index (κ1) is 32.6. The summed E-state index contributed by atoms with van der Waals surface area (Å²) < 4.78 is 33.8. The highest BCUT2D eigenvalue weighted by molar-refractivity contribution is 5.88. The van der Waals surface area contributed by atoms with Crippen molar-refractivity contribution in [3.05, 3.63) is 30.3 Å². The van der Waals surface area contributed by atoms with Crippen molar-refractivity contribution < 1.29 is 84.3 Å². The van der Waals surface area contributed by atoms with E-state index in [0.717, 1.165) is 12.1 Å². The minimum atomic E-state index is -1.91. The number of fused-ring (bicyclic) bond motifs is 1. The standard InChI is InChI=1S/C28H32O17/c1-40-15-3-9(2-13(33)19(15)34)25-16(6-11-12(32)4-10(31)5-14(11)41-25)42-28-26(23(38)21(36)18(8-30)44-28)45-27-24(39)22(37)20(35)17(7-29)43-27/h2-6,17-18,20-24,26-30,35-39H,7-8H2,1H3,(H3-,31,32,33,34)/p+1/t17?,18?,20-,21-,22?,23?,24-,26?,27+,28-/m1/s1. The molecule has 2 aliphatic rings. The van der Waals surface area contributed by atoms with Gasteiger partial charge < -0.3 is 79.9 Å². The van der Waals surface area contributed by atoms with E-state index in [1.165, 1.54) is 25.3 Å². The number of rotatable bonds is 8. The minimum absolute atomic E-state index is 0.00279. The molecule has 2 fully saturated rings. The summed E-state index contributed by atoms with van der Waals surface area (Å²) >= 11 is 0. The first-order valence-electron chi connectivity index (χ1n) is 13.6. The molecule has 0 saturated carbocycles. The number of hydrogen-bond donors (Lipinski definition) is 11. The lowest BCUT2D eigenvalue weighted by molar-refractivity contribution is -0.357. The highest BCUT2D eigenvalue weighted by atomic mass is 16.8. The first-order chi connectivity index (χ1) is 21.4. The lowest BCUT2D eigenvalue weighted by Crippen LogP contribution is -2.65. The summed E-state index contributed by atoms with van der Waals surface area (Å²) in [6.45, 7) is -1.59. The number of aliphatic hydroxyl groups excluding tert-OH is 7. The van der Waals surface area contributed by atoms with Crippen molar-refractivity contribution in [2.75, 3.05) is 20.3 Å². The third kappa shape index (κ3) is 6.10. The van der Waals surface area contributed by atoms with E-state index >= 15 is 0 Å². The maximum absolute atomic E-state index is 11.0. The Morgan fingerprint density at radius 2 is 1.36 bits per heavy atom. The van der Waals surface area contributed by atoms with Gasteiger partial charge in [-0.25, -0.2) is 4.42 Å². The van der Waals surface area contributed by atoms with Crippen molar-refractivity contribution in [3.63, 3.8) is 0 Å². The summed E-state index contributed by atoms with van der Waals surface area (Å²) in [6, 6.07) is 5.76. The molecule has 45 heavy (non-hydrogen) atoms. The quantitative estimate of drug-likeness (QED) is 0.0957. The number of hydrogen-bond acceptors (Lipinski definition) is 16. The Kier molecular flexibility index (Phi) is 9.38. The van der Waals surface area contributed by atoms with Gasteiger partial charge in [-0.1, -0.05) is 0 Å². The van der Waals surface area contributed by atoms with Gasteiger partial charge in [0.2, 0.25) is 17.8 Å². The van der Waals surface area contributed by atoms with Crippen molar-refractivity contribution in [1.29, 1.82) is 0 Å². The van der Waals surface area contributed by atoms with Crippen LogP contribution in [0.4, 0.5) is 0 Å². The highest BCUT2D eigenvalue weighted by Crippen LogP contribution is 2.45. The molecule has 17 nitrogen and oxygen atoms in total. The van der Waals surface area contributed by atoms with Gasteiger partial charge in [0.1, 0.15) is 59.6 Å². The third-order valence-electron chi connectivity index (χ3n) is 7.56. The van der Waals surface area contributed by atoms with Crippen LogP contribution in [0.15, 0.2) is 34.7 Å². The molecule has 0 radical (unpaired) electrons. The molecule has 17 heteroatoms. The molecule has 10 atom stereocenters. The number of phenols is 4. The maximum atomic E-state index is 11.0. The number of aliphatic hydroxyl groups is 7. The van der Waals surface area contributed by atoms with Crippen LogP contribution >= 0.6 is 0 Å². The molecular formula is C28H33O17+. The Hall–Kier alpha value is -3.75. The molecule has 5 unspecified atom stereocenters. The maximum Gasteiger partial charge on any atom is 0.402 e. The second-order valence-corrected chi connectivity index (χ2v) is 10.5. The van der Waals surface area contributed by atoms with Crippen molar-refractivity contribution in [1.82, 2.24) is 0 Å². The van der Waals surface area contributed by atoms with Gasteiger partial charge in [0.05, 0.1) is 32.0 Å². The van der Waals surface area contributed by atoms with Crippen molar-refractivity contribution in [2.45, 2.75) is 61.4 Å². The Morgan fingerprint density at radius 1 is 0.711 bits per heavy atom. The van der Waals surface area contributed by atoms with E-state index in [9.17, 15) is 56.2 Å². The van der Waals surface area contributed by atoms with Gasteiger partial charge in [0.25, 0.3) is 0 Å². The van der Waals surface area contributed by atoms with E-state index in [0.29, 0.717) is 0 Å². The van der Waals surface area contributed by atoms with Crippen LogP contribution in [0.2, 0.25) is 0 Å². The molecular weight excluding hydrogens is 608 g/mol.